The molecule has 2 heterocycles. The molecule has 1 aromatic rings. The van der Waals surface area contributed by atoms with Gasteiger partial charge in [-0.1, -0.05) is 18.2 Å². The zero-order chi connectivity index (χ0) is 17.2. The van der Waals surface area contributed by atoms with Crippen LogP contribution in [0.3, 0.4) is 0 Å². The van der Waals surface area contributed by atoms with Crippen LogP contribution < -0.4 is 4.90 Å². The number of amides is 1. The number of fused-ring (bicyclic) bond motifs is 1. The molecular formula is C19H29N3O2. The molecule has 24 heavy (non-hydrogen) atoms. The van der Waals surface area contributed by atoms with Gasteiger partial charge in [-0.05, 0) is 58.0 Å². The van der Waals surface area contributed by atoms with Gasteiger partial charge in [-0.25, -0.2) is 0 Å². The maximum atomic E-state index is 12.7. The lowest BCUT2D eigenvalue weighted by molar-refractivity contribution is -0.119. The molecular weight excluding hydrogens is 302 g/mol. The molecule has 1 saturated heterocycles. The van der Waals surface area contributed by atoms with E-state index >= 15 is 0 Å². The molecule has 1 amide bonds. The topological polar surface area (TPSA) is 47.0 Å². The van der Waals surface area contributed by atoms with Gasteiger partial charge in [-0.2, -0.15) is 0 Å². The van der Waals surface area contributed by atoms with E-state index in [4.69, 9.17) is 0 Å². The molecule has 5 heteroatoms. The molecule has 1 aromatic carbocycles. The van der Waals surface area contributed by atoms with Crippen molar-refractivity contribution in [3.63, 3.8) is 0 Å². The Labute approximate surface area is 144 Å². The van der Waals surface area contributed by atoms with Gasteiger partial charge < -0.3 is 14.9 Å². The van der Waals surface area contributed by atoms with Crippen molar-refractivity contribution in [3.8, 4) is 0 Å². The Morgan fingerprint density at radius 2 is 2.00 bits per heavy atom. The van der Waals surface area contributed by atoms with E-state index in [1.165, 1.54) is 5.56 Å². The van der Waals surface area contributed by atoms with Gasteiger partial charge >= 0.3 is 0 Å². The summed E-state index contributed by atoms with van der Waals surface area (Å²) in [5.74, 6) is 0.179. The highest BCUT2D eigenvalue weighted by Crippen LogP contribution is 2.28. The average molecular weight is 331 g/mol. The van der Waals surface area contributed by atoms with Gasteiger partial charge in [0.25, 0.3) is 0 Å². The summed E-state index contributed by atoms with van der Waals surface area (Å²) >= 11 is 0. The third-order valence-corrected chi connectivity index (χ3v) is 5.17. The fraction of sp³-hybridized carbons (Fsp3) is 0.632. The van der Waals surface area contributed by atoms with Crippen molar-refractivity contribution in [1.82, 2.24) is 9.80 Å². The van der Waals surface area contributed by atoms with Crippen molar-refractivity contribution in [3.05, 3.63) is 29.8 Å². The molecule has 0 spiro atoms. The molecule has 3 rings (SSSR count). The first-order valence-electron chi connectivity index (χ1n) is 8.95. The van der Waals surface area contributed by atoms with Crippen LogP contribution in [-0.2, 0) is 11.2 Å². The fourth-order valence-corrected chi connectivity index (χ4v) is 4.01. The zero-order valence-electron chi connectivity index (χ0n) is 14.9. The Morgan fingerprint density at radius 3 is 2.79 bits per heavy atom. The lowest BCUT2D eigenvalue weighted by Crippen LogP contribution is -2.42. The summed E-state index contributed by atoms with van der Waals surface area (Å²) in [4.78, 5) is 18.9. The monoisotopic (exact) mass is 331 g/mol. The van der Waals surface area contributed by atoms with E-state index < -0.39 is 5.60 Å². The molecule has 0 radical (unpaired) electrons. The molecule has 0 aromatic heterocycles. The van der Waals surface area contributed by atoms with Crippen molar-refractivity contribution in [2.24, 2.45) is 0 Å². The molecule has 1 fully saturated rings. The number of carbonyl (C=O) groups excluding carboxylic acids is 1. The molecule has 2 aliphatic heterocycles. The molecule has 132 valence electrons. The molecule has 1 atom stereocenters. The smallest absolute Gasteiger partial charge is 0.241 e. The van der Waals surface area contributed by atoms with Gasteiger partial charge in [-0.15, -0.1) is 0 Å². The van der Waals surface area contributed by atoms with E-state index in [1.807, 2.05) is 42.1 Å². The van der Waals surface area contributed by atoms with Crippen molar-refractivity contribution in [1.29, 1.82) is 0 Å². The highest BCUT2D eigenvalue weighted by Gasteiger charge is 2.32. The van der Waals surface area contributed by atoms with Gasteiger partial charge in [0.15, 0.2) is 0 Å². The molecule has 1 unspecified atom stereocenters. The molecule has 2 aliphatic rings. The second-order valence-corrected chi connectivity index (χ2v) is 7.52. The van der Waals surface area contributed by atoms with Crippen LogP contribution >= 0.6 is 0 Å². The normalized spacial score (nSPS) is 24.9. The van der Waals surface area contributed by atoms with Crippen LogP contribution in [0.15, 0.2) is 24.3 Å². The summed E-state index contributed by atoms with van der Waals surface area (Å²) in [6.45, 7) is 3.60. The number of hydrogen-bond donors (Lipinski definition) is 1. The van der Waals surface area contributed by atoms with Crippen LogP contribution in [0, 0.1) is 0 Å². The van der Waals surface area contributed by atoms with Gasteiger partial charge in [-0.3, -0.25) is 9.69 Å². The first-order valence-corrected chi connectivity index (χ1v) is 8.95. The van der Waals surface area contributed by atoms with Crippen molar-refractivity contribution in [2.75, 3.05) is 51.7 Å². The zero-order valence-corrected chi connectivity index (χ0v) is 14.9. The largest absolute Gasteiger partial charge is 0.389 e. The van der Waals surface area contributed by atoms with Crippen LogP contribution in [0.1, 0.15) is 24.8 Å². The highest BCUT2D eigenvalue weighted by molar-refractivity contribution is 5.96. The second-order valence-electron chi connectivity index (χ2n) is 7.52. The van der Waals surface area contributed by atoms with Gasteiger partial charge in [0.05, 0.1) is 12.1 Å². The maximum absolute atomic E-state index is 12.7. The minimum Gasteiger partial charge on any atom is -0.389 e. The number of anilines is 1. The third-order valence-electron chi connectivity index (χ3n) is 5.17. The summed E-state index contributed by atoms with van der Waals surface area (Å²) in [7, 11) is 3.99. The Morgan fingerprint density at radius 1 is 1.21 bits per heavy atom. The number of para-hydroxylation sites is 1. The SMILES string of the molecule is CN(C)CC1(O)CCCN(CC(=O)N2CCc3ccccc32)CC1. The van der Waals surface area contributed by atoms with E-state index in [1.54, 1.807) is 0 Å². The third kappa shape index (κ3) is 3.97. The molecule has 5 nitrogen and oxygen atoms in total. The van der Waals surface area contributed by atoms with E-state index in [0.29, 0.717) is 13.1 Å². The van der Waals surface area contributed by atoms with Crippen LogP contribution in [0.4, 0.5) is 5.69 Å². The number of likely N-dealkylation sites (N-methyl/N-ethyl adjacent to an activating group) is 1. The minimum atomic E-state index is -0.623. The average Bonchev–Trinajstić information content (AvgIpc) is 2.87. The predicted octanol–water partition coefficient (Wildman–Crippen LogP) is 1.35. The van der Waals surface area contributed by atoms with Crippen LogP contribution in [0.2, 0.25) is 0 Å². The highest BCUT2D eigenvalue weighted by atomic mass is 16.3. The van der Waals surface area contributed by atoms with Crippen LogP contribution in [0.25, 0.3) is 0 Å². The molecule has 0 aliphatic carbocycles. The number of carbonyl (C=O) groups is 1. The van der Waals surface area contributed by atoms with Crippen LogP contribution in [0.5, 0.6) is 0 Å². The first kappa shape index (κ1) is 17.4. The molecule has 0 bridgehead atoms. The van der Waals surface area contributed by atoms with Crippen molar-refractivity contribution >= 4 is 11.6 Å². The van der Waals surface area contributed by atoms with Gasteiger partial charge in [0.1, 0.15) is 0 Å². The number of likely N-dealkylation sites (tertiary alicyclic amines) is 1. The minimum absolute atomic E-state index is 0.179. The lowest BCUT2D eigenvalue weighted by atomic mass is 9.94. The van der Waals surface area contributed by atoms with Crippen LogP contribution in [-0.4, -0.2) is 73.2 Å². The number of rotatable bonds is 4. The fourth-order valence-electron chi connectivity index (χ4n) is 4.01. The molecule has 1 N–H and O–H groups in total. The van der Waals surface area contributed by atoms with E-state index in [9.17, 15) is 9.90 Å². The summed E-state index contributed by atoms with van der Waals surface area (Å²) in [6.07, 6.45) is 3.43. The Kier molecular flexibility index (Phi) is 5.23. The summed E-state index contributed by atoms with van der Waals surface area (Å²) in [6, 6.07) is 8.18. The number of benzene rings is 1. The van der Waals surface area contributed by atoms with E-state index in [-0.39, 0.29) is 5.91 Å². The summed E-state index contributed by atoms with van der Waals surface area (Å²) < 4.78 is 0. The maximum Gasteiger partial charge on any atom is 0.241 e. The summed E-state index contributed by atoms with van der Waals surface area (Å²) in [5, 5.41) is 10.8. The predicted molar refractivity (Wildman–Crippen MR) is 96.3 cm³/mol. The molecule has 0 saturated carbocycles. The Balaban J connectivity index is 1.58. The standard InChI is InChI=1S/C19H29N3O2/c1-20(2)15-19(24)9-5-11-21(13-10-19)14-18(23)22-12-8-16-6-3-4-7-17(16)22/h3-4,6-7,24H,5,8-15H2,1-2H3. The Hall–Kier alpha value is -1.43. The first-order chi connectivity index (χ1) is 11.5. The number of hydrogen-bond acceptors (Lipinski definition) is 4. The van der Waals surface area contributed by atoms with Gasteiger partial charge in [0, 0.05) is 25.3 Å². The quantitative estimate of drug-likeness (QED) is 0.905. The Bertz CT molecular complexity index is 590. The van der Waals surface area contributed by atoms with E-state index in [0.717, 1.165) is 51.0 Å². The van der Waals surface area contributed by atoms with Crippen molar-refractivity contribution < 1.29 is 9.90 Å². The van der Waals surface area contributed by atoms with Gasteiger partial charge in [0.2, 0.25) is 5.91 Å². The lowest BCUT2D eigenvalue weighted by Gasteiger charge is -2.30. The van der Waals surface area contributed by atoms with Crippen molar-refractivity contribution in [2.45, 2.75) is 31.3 Å². The summed E-state index contributed by atoms with van der Waals surface area (Å²) in [5.41, 5.74) is 1.71. The second kappa shape index (κ2) is 7.21. The number of aliphatic hydroxyl groups is 1. The number of nitrogens with zero attached hydrogens (tertiary/aromatic N) is 3. The van der Waals surface area contributed by atoms with E-state index in [2.05, 4.69) is 11.0 Å².